The molecule has 3 atom stereocenters. The van der Waals surface area contributed by atoms with E-state index in [4.69, 9.17) is 0 Å². The zero-order valence-electron chi connectivity index (χ0n) is 21.3. The molecule has 0 aliphatic heterocycles. The Kier molecular flexibility index (Phi) is 9.17. The van der Waals surface area contributed by atoms with Gasteiger partial charge in [0.25, 0.3) is 0 Å². The van der Waals surface area contributed by atoms with Gasteiger partial charge in [-0.2, -0.15) is 0 Å². The van der Waals surface area contributed by atoms with E-state index in [2.05, 4.69) is 6.92 Å². The molecule has 2 heteroatoms. The highest BCUT2D eigenvalue weighted by Crippen LogP contribution is 2.48. The molecule has 1 N–H and O–H groups in total. The molecule has 32 heavy (non-hydrogen) atoms. The zero-order valence-corrected chi connectivity index (χ0v) is 21.3. The van der Waals surface area contributed by atoms with E-state index in [9.17, 15) is 9.90 Å². The molecule has 0 heterocycles. The summed E-state index contributed by atoms with van der Waals surface area (Å²) >= 11 is 0. The Hall–Kier alpha value is -0.370. The second kappa shape index (κ2) is 11.9. The Morgan fingerprint density at radius 2 is 1.03 bits per heavy atom. The lowest BCUT2D eigenvalue weighted by Crippen LogP contribution is -2.38. The summed E-state index contributed by atoms with van der Waals surface area (Å²) < 4.78 is 0. The molecule has 4 rings (SSSR count). The molecule has 0 radical (unpaired) electrons. The summed E-state index contributed by atoms with van der Waals surface area (Å²) in [7, 11) is 0. The van der Waals surface area contributed by atoms with Gasteiger partial charge in [0.15, 0.2) is 0 Å². The van der Waals surface area contributed by atoms with Gasteiger partial charge >= 0.3 is 0 Å². The van der Waals surface area contributed by atoms with Crippen molar-refractivity contribution in [3.05, 3.63) is 0 Å². The van der Waals surface area contributed by atoms with E-state index in [1.807, 2.05) is 6.92 Å². The van der Waals surface area contributed by atoms with Crippen molar-refractivity contribution >= 4 is 5.78 Å². The third kappa shape index (κ3) is 6.00. The van der Waals surface area contributed by atoms with E-state index < -0.39 is 0 Å². The van der Waals surface area contributed by atoms with Gasteiger partial charge in [0.05, 0.1) is 6.10 Å². The van der Waals surface area contributed by atoms with Gasteiger partial charge in [0.2, 0.25) is 0 Å². The van der Waals surface area contributed by atoms with Crippen LogP contribution >= 0.6 is 0 Å². The third-order valence-corrected chi connectivity index (χ3v) is 10.8. The number of hydrogen-bond acceptors (Lipinski definition) is 2. The normalized spacial score (nSPS) is 43.7. The summed E-state index contributed by atoms with van der Waals surface area (Å²) in [4.78, 5) is 12.1. The SMILES string of the molecule is CCCC1CCC(C2CCC(C3CCC(C4CCC(C(=O)CC)C(O)C4)CC3)CC2)CC1. The van der Waals surface area contributed by atoms with Gasteiger partial charge < -0.3 is 5.11 Å². The van der Waals surface area contributed by atoms with E-state index in [0.717, 1.165) is 48.3 Å². The fourth-order valence-electron chi connectivity index (χ4n) is 8.78. The average Bonchev–Trinajstić information content (AvgIpc) is 2.84. The van der Waals surface area contributed by atoms with Gasteiger partial charge in [-0.1, -0.05) is 39.5 Å². The number of carbonyl (C=O) groups excluding carboxylic acids is 1. The molecular weight excluding hydrogens is 392 g/mol. The summed E-state index contributed by atoms with van der Waals surface area (Å²) in [6.07, 6.45) is 23.9. The predicted molar refractivity (Wildman–Crippen MR) is 133 cm³/mol. The second-order valence-electron chi connectivity index (χ2n) is 12.5. The van der Waals surface area contributed by atoms with Crippen molar-refractivity contribution in [3.8, 4) is 0 Å². The Morgan fingerprint density at radius 1 is 0.625 bits per heavy atom. The van der Waals surface area contributed by atoms with Crippen molar-refractivity contribution in [2.45, 2.75) is 136 Å². The maximum Gasteiger partial charge on any atom is 0.138 e. The molecule has 0 aromatic rings. The van der Waals surface area contributed by atoms with Gasteiger partial charge in [0.1, 0.15) is 5.78 Å². The van der Waals surface area contributed by atoms with Gasteiger partial charge in [-0.05, 0) is 125 Å². The maximum atomic E-state index is 12.1. The Morgan fingerprint density at radius 3 is 1.44 bits per heavy atom. The van der Waals surface area contributed by atoms with Crippen LogP contribution < -0.4 is 0 Å². The number of ketones is 1. The maximum absolute atomic E-state index is 12.1. The van der Waals surface area contributed by atoms with Crippen LogP contribution in [0.5, 0.6) is 0 Å². The molecule has 184 valence electrons. The highest BCUT2D eigenvalue weighted by Gasteiger charge is 2.39. The number of hydrogen-bond donors (Lipinski definition) is 1. The van der Waals surface area contributed by atoms with Crippen LogP contribution in [0.25, 0.3) is 0 Å². The van der Waals surface area contributed by atoms with Crippen LogP contribution in [0.1, 0.15) is 129 Å². The average molecular weight is 445 g/mol. The first kappa shape index (κ1) is 24.7. The van der Waals surface area contributed by atoms with Crippen LogP contribution in [-0.4, -0.2) is 17.0 Å². The minimum Gasteiger partial charge on any atom is -0.392 e. The topological polar surface area (TPSA) is 37.3 Å². The summed E-state index contributed by atoms with van der Waals surface area (Å²) in [5.41, 5.74) is 0. The molecule has 0 aromatic carbocycles. The monoisotopic (exact) mass is 444 g/mol. The van der Waals surface area contributed by atoms with Gasteiger partial charge in [-0.25, -0.2) is 0 Å². The van der Waals surface area contributed by atoms with E-state index in [1.165, 1.54) is 96.3 Å². The summed E-state index contributed by atoms with van der Waals surface area (Å²) in [5, 5.41) is 10.6. The first-order chi connectivity index (χ1) is 15.6. The molecule has 4 aliphatic rings. The molecule has 4 fully saturated rings. The molecule has 0 aromatic heterocycles. The standard InChI is InChI=1S/C30H52O2/c1-3-5-21-6-8-22(9-7-21)23-10-12-24(13-11-23)25-14-16-26(17-15-25)27-18-19-28(29(31)4-2)30(32)20-27/h21-28,30,32H,3-20H2,1-2H3. The molecule has 0 spiro atoms. The largest absolute Gasteiger partial charge is 0.392 e. The number of aliphatic hydroxyl groups is 1. The molecule has 0 bridgehead atoms. The summed E-state index contributed by atoms with van der Waals surface area (Å²) in [5.74, 6) is 6.84. The van der Waals surface area contributed by atoms with Crippen LogP contribution in [0.3, 0.4) is 0 Å². The van der Waals surface area contributed by atoms with E-state index in [-0.39, 0.29) is 17.8 Å². The van der Waals surface area contributed by atoms with Crippen molar-refractivity contribution in [2.75, 3.05) is 0 Å². The molecular formula is C30H52O2. The number of carbonyl (C=O) groups is 1. The number of Topliss-reactive ketones (excluding diaryl/α,β-unsaturated/α-hetero) is 1. The predicted octanol–water partition coefficient (Wildman–Crippen LogP) is 7.96. The third-order valence-electron chi connectivity index (χ3n) is 10.8. The highest BCUT2D eigenvalue weighted by atomic mass is 16.3. The van der Waals surface area contributed by atoms with Crippen LogP contribution in [-0.2, 0) is 4.79 Å². The summed E-state index contributed by atoms with van der Waals surface area (Å²) in [6.45, 7) is 4.29. The van der Waals surface area contributed by atoms with E-state index in [0.29, 0.717) is 12.3 Å². The summed E-state index contributed by atoms with van der Waals surface area (Å²) in [6, 6.07) is 0. The van der Waals surface area contributed by atoms with Crippen LogP contribution in [0, 0.1) is 47.3 Å². The lowest BCUT2D eigenvalue weighted by Gasteiger charge is -2.43. The van der Waals surface area contributed by atoms with Crippen molar-refractivity contribution in [2.24, 2.45) is 47.3 Å². The minimum absolute atomic E-state index is 0.0653. The molecule has 4 aliphatic carbocycles. The van der Waals surface area contributed by atoms with Crippen molar-refractivity contribution in [3.63, 3.8) is 0 Å². The van der Waals surface area contributed by atoms with Gasteiger partial charge in [0, 0.05) is 12.3 Å². The minimum atomic E-state index is -0.369. The van der Waals surface area contributed by atoms with Crippen LogP contribution in [0.4, 0.5) is 0 Å². The first-order valence-electron chi connectivity index (χ1n) is 14.8. The Balaban J connectivity index is 1.16. The Bertz CT molecular complexity index is 561. The molecule has 4 saturated carbocycles. The molecule has 0 amide bonds. The first-order valence-corrected chi connectivity index (χ1v) is 14.8. The van der Waals surface area contributed by atoms with Crippen LogP contribution in [0.15, 0.2) is 0 Å². The van der Waals surface area contributed by atoms with Crippen molar-refractivity contribution in [1.29, 1.82) is 0 Å². The quantitative estimate of drug-likeness (QED) is 0.432. The van der Waals surface area contributed by atoms with Gasteiger partial charge in [-0.15, -0.1) is 0 Å². The van der Waals surface area contributed by atoms with Crippen LogP contribution in [0.2, 0.25) is 0 Å². The van der Waals surface area contributed by atoms with E-state index >= 15 is 0 Å². The number of rotatable bonds is 7. The van der Waals surface area contributed by atoms with E-state index in [1.54, 1.807) is 0 Å². The van der Waals surface area contributed by atoms with Gasteiger partial charge in [-0.3, -0.25) is 4.79 Å². The fraction of sp³-hybridized carbons (Fsp3) is 0.967. The Labute approximate surface area is 198 Å². The molecule has 3 unspecified atom stereocenters. The smallest absolute Gasteiger partial charge is 0.138 e. The van der Waals surface area contributed by atoms with Crippen molar-refractivity contribution < 1.29 is 9.90 Å². The second-order valence-corrected chi connectivity index (χ2v) is 12.5. The van der Waals surface area contributed by atoms with Crippen molar-refractivity contribution in [1.82, 2.24) is 0 Å². The lowest BCUT2D eigenvalue weighted by molar-refractivity contribution is -0.128. The highest BCUT2D eigenvalue weighted by molar-refractivity contribution is 5.81. The zero-order chi connectivity index (χ0) is 22.5. The fourth-order valence-corrected chi connectivity index (χ4v) is 8.78. The molecule has 2 nitrogen and oxygen atoms in total. The number of aliphatic hydroxyl groups excluding tert-OH is 1. The lowest BCUT2D eigenvalue weighted by atomic mass is 9.62. The molecule has 0 saturated heterocycles.